The fourth-order valence-electron chi connectivity index (χ4n) is 14.2. The molecule has 0 aromatic heterocycles. The van der Waals surface area contributed by atoms with E-state index in [0.717, 1.165) is 0 Å². The van der Waals surface area contributed by atoms with Crippen LogP contribution in [0.1, 0.15) is 110 Å². The molecule has 4 bridgehead atoms. The predicted molar refractivity (Wildman–Crippen MR) is 286 cm³/mol. The summed E-state index contributed by atoms with van der Waals surface area (Å²) in [6.45, 7) is 11.5. The van der Waals surface area contributed by atoms with Crippen LogP contribution in [0, 0.1) is 17.8 Å². The van der Waals surface area contributed by atoms with E-state index >= 15 is 19.2 Å². The molecule has 11 rings (SSSR count). The Bertz CT molecular complexity index is 2960. The highest BCUT2D eigenvalue weighted by Crippen LogP contribution is 2.63. The van der Waals surface area contributed by atoms with Crippen LogP contribution < -0.4 is 36.4 Å². The highest BCUT2D eigenvalue weighted by Gasteiger charge is 2.73. The van der Waals surface area contributed by atoms with Gasteiger partial charge in [0.1, 0.15) is 71.5 Å². The van der Waals surface area contributed by atoms with Gasteiger partial charge in [-0.1, -0.05) is 103 Å². The van der Waals surface area contributed by atoms with Gasteiger partial charge in [-0.3, -0.25) is 48.6 Å². The summed E-state index contributed by atoms with van der Waals surface area (Å²) in [7, 11) is 0. The fraction of sp³-hybridized carbons (Fsp3) is 0.552. The molecule has 1 spiro atoms. The van der Waals surface area contributed by atoms with E-state index in [1.54, 1.807) is 47.9 Å². The molecule has 8 amide bonds. The van der Waals surface area contributed by atoms with Crippen molar-refractivity contribution in [2.45, 2.75) is 171 Å². The number of fused-ring (bicyclic) bond motifs is 9. The zero-order chi connectivity index (χ0) is 55.3. The van der Waals surface area contributed by atoms with Crippen molar-refractivity contribution in [1.82, 2.24) is 41.3 Å². The van der Waals surface area contributed by atoms with Crippen molar-refractivity contribution in [3.63, 3.8) is 0 Å². The number of amides is 8. The Morgan fingerprint density at radius 3 is 1.79 bits per heavy atom. The van der Waals surface area contributed by atoms with Crippen LogP contribution >= 0.6 is 0 Å². The number of hydrogen-bond acceptors (Lipinski definition) is 12. The van der Waals surface area contributed by atoms with Gasteiger partial charge in [-0.2, -0.15) is 0 Å². The molecule has 414 valence electrons. The normalized spacial score (nSPS) is 33.7. The van der Waals surface area contributed by atoms with E-state index in [1.165, 1.54) is 21.9 Å². The van der Waals surface area contributed by atoms with E-state index in [0.29, 0.717) is 66.6 Å². The fourth-order valence-corrected chi connectivity index (χ4v) is 14.2. The van der Waals surface area contributed by atoms with Gasteiger partial charge in [0.15, 0.2) is 0 Å². The number of carbonyl (C=O) groups is 8. The molecule has 78 heavy (non-hydrogen) atoms. The topological polar surface area (TPSA) is 253 Å². The second kappa shape index (κ2) is 20.0. The Labute approximate surface area is 454 Å². The first-order chi connectivity index (χ1) is 37.3. The van der Waals surface area contributed by atoms with Gasteiger partial charge in [-0.25, -0.2) is 0 Å². The van der Waals surface area contributed by atoms with Crippen LogP contribution in [0.15, 0.2) is 72.8 Å². The highest BCUT2D eigenvalue weighted by atomic mass is 16.3. The van der Waals surface area contributed by atoms with Gasteiger partial charge < -0.3 is 51.1 Å². The number of aliphatic hydroxyl groups is 1. The number of phenols is 1. The Morgan fingerprint density at radius 2 is 1.17 bits per heavy atom. The lowest BCUT2D eigenvalue weighted by molar-refractivity contribution is -0.148. The molecule has 3 aromatic rings. The predicted octanol–water partition coefficient (Wildman–Crippen LogP) is 2.20. The summed E-state index contributed by atoms with van der Waals surface area (Å²) in [5.74, 6) is -5.34. The highest BCUT2D eigenvalue weighted by molar-refractivity contribution is 6.09. The molecule has 8 aliphatic rings. The quantitative estimate of drug-likeness (QED) is 0.180. The zero-order valence-electron chi connectivity index (χ0n) is 45.1. The van der Waals surface area contributed by atoms with Crippen molar-refractivity contribution < 1.29 is 48.6 Å². The number of nitrogens with zero attached hydrogens (tertiary/aromatic N) is 5. The van der Waals surface area contributed by atoms with Crippen molar-refractivity contribution >= 4 is 58.6 Å². The molecule has 0 unspecified atom stereocenters. The van der Waals surface area contributed by atoms with Crippen LogP contribution in [-0.4, -0.2) is 146 Å². The van der Waals surface area contributed by atoms with Crippen LogP contribution in [0.2, 0.25) is 0 Å². The second-order valence-electron chi connectivity index (χ2n) is 23.4. The number of rotatable bonds is 7. The number of aromatic hydroxyl groups is 1. The molecule has 14 atom stereocenters. The summed E-state index contributed by atoms with van der Waals surface area (Å²) >= 11 is 0. The zero-order valence-corrected chi connectivity index (χ0v) is 45.1. The maximum Gasteiger partial charge on any atom is 0.252 e. The molecule has 6 saturated heterocycles. The summed E-state index contributed by atoms with van der Waals surface area (Å²) in [6.07, 6.45) is 0.236. The first kappa shape index (κ1) is 53.0. The van der Waals surface area contributed by atoms with Crippen molar-refractivity contribution in [2.75, 3.05) is 22.9 Å². The Morgan fingerprint density at radius 1 is 0.603 bits per heavy atom. The largest absolute Gasteiger partial charge is 0.508 e. The lowest BCUT2D eigenvalue weighted by atomic mass is 9.76. The monoisotopic (exact) mass is 1070 g/mol. The molecule has 0 aliphatic carbocycles. The lowest BCUT2D eigenvalue weighted by Crippen LogP contribution is -2.73. The van der Waals surface area contributed by atoms with E-state index < -0.39 is 125 Å². The Hall–Kier alpha value is -7.06. The lowest BCUT2D eigenvalue weighted by Gasteiger charge is -2.54. The minimum Gasteiger partial charge on any atom is -0.508 e. The van der Waals surface area contributed by atoms with Gasteiger partial charge in [-0.05, 0) is 73.3 Å². The van der Waals surface area contributed by atoms with Crippen LogP contribution in [0.5, 0.6) is 5.75 Å². The summed E-state index contributed by atoms with van der Waals surface area (Å²) in [5, 5.41) is 39.3. The standard InChI is InChI=1S/C58H72N10O10/c1-7-31(5)45-50(73)59-38-28-57(35-15-9-11-17-39(35)66-52(75)43(67(51(38)74)56(57)66)27-33-21-23-34(69)24-22-33)68-40-18-12-10-16-36(40)58(78)29-37(60-55(58)68)47(70)63-46(32(6)8-2)54(77)65-26-14-19-41(65)48(71)61-44(30(3)4)53(76)64-25-13-20-42(64)49(72)62-45/h9-12,15-18,21-24,30-32,37-38,41-46,55-56,60,69,78H,7-8,13-14,19-20,25-29H2,1-6H3,(H,59,73)(H,61,71)(H,62,72)(H,63,70)/t31-,32-,37-,38-,41-,42-,43-,44-,45-,46-,55-,56-,57+,58-/m0/s1. The third-order valence-corrected chi connectivity index (χ3v) is 18.6. The number of hydrogen-bond donors (Lipinski definition) is 7. The average Bonchev–Trinajstić information content (AvgIpc) is 2.26. The van der Waals surface area contributed by atoms with Gasteiger partial charge in [-0.15, -0.1) is 0 Å². The second-order valence-corrected chi connectivity index (χ2v) is 23.4. The van der Waals surface area contributed by atoms with Crippen molar-refractivity contribution in [2.24, 2.45) is 17.8 Å². The van der Waals surface area contributed by atoms with E-state index in [1.807, 2.05) is 69.0 Å². The minimum atomic E-state index is -1.76. The van der Waals surface area contributed by atoms with E-state index in [9.17, 15) is 29.4 Å². The van der Waals surface area contributed by atoms with Gasteiger partial charge in [0.05, 0.1) is 11.7 Å². The molecule has 8 aliphatic heterocycles. The number of piperidine rings is 1. The molecule has 20 heteroatoms. The average molecular weight is 1070 g/mol. The first-order valence-corrected chi connectivity index (χ1v) is 28.1. The summed E-state index contributed by atoms with van der Waals surface area (Å²) < 4.78 is 0. The SMILES string of the molecule is CC[C@H](C)[C@@H]1NC(=O)[C@@H]2CCCN2C(=O)[C@H](C(C)C)NC(=O)[C@@H]2CCCN2C(=O)[C@H]([C@@H](C)CC)NC(=O)[C@@H]2C[C@]3(O)c4ccccc4N([C@@H]3N2)[C@]23C[C@H](NC1=O)C(=O)N1[C@@H](Cc4ccc(O)cc4)C(=O)N(c4ccccc42)[C@@H]13. The molecule has 7 N–H and O–H groups in total. The molecular weight excluding hydrogens is 997 g/mol. The Balaban J connectivity index is 1.06. The van der Waals surface area contributed by atoms with Crippen LogP contribution in [0.3, 0.4) is 0 Å². The van der Waals surface area contributed by atoms with Gasteiger partial charge in [0.2, 0.25) is 41.4 Å². The van der Waals surface area contributed by atoms with E-state index in [-0.39, 0.29) is 49.9 Å². The number of phenolic OH excluding ortho intramolecular Hbond substituents is 1. The van der Waals surface area contributed by atoms with Crippen LogP contribution in [-0.2, 0) is 55.9 Å². The number of nitrogens with one attached hydrogen (secondary N) is 5. The number of carbonyl (C=O) groups excluding carboxylic acids is 8. The van der Waals surface area contributed by atoms with Gasteiger partial charge in [0.25, 0.3) is 5.91 Å². The molecule has 0 saturated carbocycles. The summed E-state index contributed by atoms with van der Waals surface area (Å²) in [4.78, 5) is 128. The molecule has 3 aromatic carbocycles. The summed E-state index contributed by atoms with van der Waals surface area (Å²) in [6, 6.07) is 12.3. The number of anilines is 2. The van der Waals surface area contributed by atoms with E-state index in [2.05, 4.69) is 26.6 Å². The van der Waals surface area contributed by atoms with Crippen molar-refractivity contribution in [3.8, 4) is 5.75 Å². The molecule has 20 nitrogen and oxygen atoms in total. The molecular formula is C58H72N10O10. The van der Waals surface area contributed by atoms with E-state index in [4.69, 9.17) is 0 Å². The maximum absolute atomic E-state index is 15.7. The van der Waals surface area contributed by atoms with Gasteiger partial charge >= 0.3 is 0 Å². The van der Waals surface area contributed by atoms with Crippen LogP contribution in [0.4, 0.5) is 11.4 Å². The number of para-hydroxylation sites is 2. The molecule has 0 radical (unpaired) electrons. The van der Waals surface area contributed by atoms with Gasteiger partial charge in [0, 0.05) is 49.2 Å². The number of benzene rings is 3. The smallest absolute Gasteiger partial charge is 0.252 e. The first-order valence-electron chi connectivity index (χ1n) is 28.1. The van der Waals surface area contributed by atoms with Crippen molar-refractivity contribution in [1.29, 1.82) is 0 Å². The Kier molecular flexibility index (Phi) is 13.6. The third kappa shape index (κ3) is 8.20. The van der Waals surface area contributed by atoms with Crippen molar-refractivity contribution in [3.05, 3.63) is 89.5 Å². The summed E-state index contributed by atoms with van der Waals surface area (Å²) in [5.41, 5.74) is -0.289. The third-order valence-electron chi connectivity index (χ3n) is 18.6. The maximum atomic E-state index is 15.7. The molecule has 6 fully saturated rings. The minimum absolute atomic E-state index is 0.0259. The van der Waals surface area contributed by atoms with Crippen LogP contribution in [0.25, 0.3) is 0 Å². The molecule has 8 heterocycles.